The molecule has 0 bridgehead atoms. The van der Waals surface area contributed by atoms with Crippen LogP contribution < -0.4 is 10.2 Å². The lowest BCUT2D eigenvalue weighted by Crippen LogP contribution is -2.47. The van der Waals surface area contributed by atoms with Gasteiger partial charge >= 0.3 is 0 Å². The summed E-state index contributed by atoms with van der Waals surface area (Å²) in [4.78, 5) is 31.0. The molecule has 0 aliphatic carbocycles. The van der Waals surface area contributed by atoms with E-state index >= 15 is 0 Å². The molecule has 9 nitrogen and oxygen atoms in total. The van der Waals surface area contributed by atoms with Gasteiger partial charge in [-0.15, -0.1) is 5.10 Å². The number of amides is 2. The highest BCUT2D eigenvalue weighted by Gasteiger charge is 2.31. The summed E-state index contributed by atoms with van der Waals surface area (Å²) in [6, 6.07) is 9.14. The summed E-state index contributed by atoms with van der Waals surface area (Å²) < 4.78 is 3.39. The zero-order chi connectivity index (χ0) is 19.7. The molecule has 3 heterocycles. The standard InChI is InChI=1S/C19H21N7O2/c1-13-10-21-26-9-8-15(19(28)24(2)18(13)26)22-17(27)16-20-12-25(23-16)11-14-6-4-3-5-7-14/h3-7,10,12,15H,8-9,11H2,1-2H3,(H,22,27)/t15-/m0/s1. The van der Waals surface area contributed by atoms with Crippen molar-refractivity contribution in [2.45, 2.75) is 32.5 Å². The van der Waals surface area contributed by atoms with Crippen LogP contribution in [0.2, 0.25) is 0 Å². The molecule has 1 aliphatic rings. The van der Waals surface area contributed by atoms with Gasteiger partial charge in [-0.3, -0.25) is 14.5 Å². The molecule has 1 N–H and O–H groups in total. The van der Waals surface area contributed by atoms with E-state index in [9.17, 15) is 9.59 Å². The van der Waals surface area contributed by atoms with Gasteiger partial charge in [0.05, 0.1) is 12.7 Å². The Kier molecular flexibility index (Phi) is 4.64. The summed E-state index contributed by atoms with van der Waals surface area (Å²) in [6.45, 7) is 2.97. The minimum atomic E-state index is -0.653. The van der Waals surface area contributed by atoms with Crippen molar-refractivity contribution in [2.75, 3.05) is 11.9 Å². The molecule has 1 aliphatic heterocycles. The van der Waals surface area contributed by atoms with Crippen LogP contribution in [-0.4, -0.2) is 49.4 Å². The second kappa shape index (κ2) is 7.26. The molecule has 0 radical (unpaired) electrons. The van der Waals surface area contributed by atoms with Crippen molar-refractivity contribution in [3.63, 3.8) is 0 Å². The molecule has 144 valence electrons. The third kappa shape index (κ3) is 3.38. The van der Waals surface area contributed by atoms with E-state index in [2.05, 4.69) is 20.5 Å². The Labute approximate surface area is 162 Å². The third-order valence-corrected chi connectivity index (χ3v) is 4.80. The number of hydrogen-bond acceptors (Lipinski definition) is 5. The van der Waals surface area contributed by atoms with E-state index in [1.165, 1.54) is 6.33 Å². The Bertz CT molecular complexity index is 1010. The van der Waals surface area contributed by atoms with E-state index in [-0.39, 0.29) is 11.7 Å². The molecular formula is C19H21N7O2. The number of anilines is 1. The summed E-state index contributed by atoms with van der Waals surface area (Å²) in [5.41, 5.74) is 1.98. The van der Waals surface area contributed by atoms with Gasteiger partial charge in [-0.05, 0) is 18.9 Å². The largest absolute Gasteiger partial charge is 0.337 e. The summed E-state index contributed by atoms with van der Waals surface area (Å²) in [5.74, 6) is 0.158. The summed E-state index contributed by atoms with van der Waals surface area (Å²) in [5, 5.41) is 11.3. The Morgan fingerprint density at radius 3 is 2.86 bits per heavy atom. The van der Waals surface area contributed by atoms with Gasteiger partial charge in [0.2, 0.25) is 5.82 Å². The van der Waals surface area contributed by atoms with Gasteiger partial charge in [0, 0.05) is 19.2 Å². The van der Waals surface area contributed by atoms with E-state index in [1.54, 1.807) is 27.5 Å². The lowest BCUT2D eigenvalue weighted by molar-refractivity contribution is -0.120. The fraction of sp³-hybridized carbons (Fsp3) is 0.316. The molecule has 0 fully saturated rings. The molecule has 1 atom stereocenters. The first kappa shape index (κ1) is 17.9. The lowest BCUT2D eigenvalue weighted by atomic mass is 10.2. The van der Waals surface area contributed by atoms with Crippen molar-refractivity contribution in [2.24, 2.45) is 0 Å². The van der Waals surface area contributed by atoms with E-state index < -0.39 is 11.9 Å². The maximum atomic E-state index is 12.8. The monoisotopic (exact) mass is 379 g/mol. The summed E-state index contributed by atoms with van der Waals surface area (Å²) in [6.07, 6.45) is 3.71. The van der Waals surface area contributed by atoms with Crippen LogP contribution in [0.5, 0.6) is 0 Å². The topological polar surface area (TPSA) is 97.9 Å². The van der Waals surface area contributed by atoms with Crippen LogP contribution in [0.4, 0.5) is 5.82 Å². The van der Waals surface area contributed by atoms with Crippen LogP contribution in [0, 0.1) is 6.92 Å². The van der Waals surface area contributed by atoms with Crippen LogP contribution in [0.15, 0.2) is 42.9 Å². The van der Waals surface area contributed by atoms with Crippen LogP contribution >= 0.6 is 0 Å². The molecule has 3 aromatic rings. The average Bonchev–Trinajstić information content (AvgIpc) is 3.28. The van der Waals surface area contributed by atoms with Gasteiger partial charge in [0.15, 0.2) is 0 Å². The normalized spacial score (nSPS) is 16.6. The van der Waals surface area contributed by atoms with Gasteiger partial charge in [-0.1, -0.05) is 30.3 Å². The number of carbonyl (C=O) groups excluding carboxylic acids is 2. The maximum absolute atomic E-state index is 12.8. The fourth-order valence-electron chi connectivity index (χ4n) is 3.39. The van der Waals surface area contributed by atoms with Crippen molar-refractivity contribution >= 4 is 17.6 Å². The molecule has 28 heavy (non-hydrogen) atoms. The van der Waals surface area contributed by atoms with Crippen LogP contribution in [-0.2, 0) is 17.9 Å². The molecule has 0 spiro atoms. The Morgan fingerprint density at radius 2 is 2.07 bits per heavy atom. The third-order valence-electron chi connectivity index (χ3n) is 4.80. The number of fused-ring (bicyclic) bond motifs is 1. The number of nitrogens with zero attached hydrogens (tertiary/aromatic N) is 6. The van der Waals surface area contributed by atoms with Crippen molar-refractivity contribution in [3.8, 4) is 0 Å². The van der Waals surface area contributed by atoms with Crippen molar-refractivity contribution in [1.82, 2.24) is 29.9 Å². The van der Waals surface area contributed by atoms with Crippen molar-refractivity contribution < 1.29 is 9.59 Å². The van der Waals surface area contributed by atoms with E-state index in [4.69, 9.17) is 0 Å². The van der Waals surface area contributed by atoms with Crippen LogP contribution in [0.25, 0.3) is 0 Å². The Balaban J connectivity index is 1.45. The van der Waals surface area contributed by atoms with E-state index in [0.29, 0.717) is 19.5 Å². The molecule has 0 saturated heterocycles. The second-order valence-corrected chi connectivity index (χ2v) is 6.84. The predicted molar refractivity (Wildman–Crippen MR) is 102 cm³/mol. The number of rotatable bonds is 4. The highest BCUT2D eigenvalue weighted by atomic mass is 16.2. The van der Waals surface area contributed by atoms with Gasteiger partial charge in [-0.2, -0.15) is 5.10 Å². The first-order chi connectivity index (χ1) is 13.5. The van der Waals surface area contributed by atoms with E-state index in [1.807, 2.05) is 37.3 Å². The molecule has 1 aromatic carbocycles. The van der Waals surface area contributed by atoms with Gasteiger partial charge < -0.3 is 5.32 Å². The number of aryl methyl sites for hydroxylation is 2. The second-order valence-electron chi connectivity index (χ2n) is 6.84. The molecule has 0 saturated carbocycles. The Hall–Kier alpha value is -3.49. The zero-order valence-corrected chi connectivity index (χ0v) is 15.7. The molecular weight excluding hydrogens is 358 g/mol. The maximum Gasteiger partial charge on any atom is 0.291 e. The highest BCUT2D eigenvalue weighted by Crippen LogP contribution is 2.23. The number of aromatic nitrogens is 5. The first-order valence-corrected chi connectivity index (χ1v) is 9.07. The molecule has 9 heteroatoms. The number of likely N-dealkylation sites (N-methyl/N-ethyl adjacent to an activating group) is 1. The minimum absolute atomic E-state index is 0.0459. The van der Waals surface area contributed by atoms with Crippen molar-refractivity contribution in [3.05, 3.63) is 59.8 Å². The molecule has 2 amide bonds. The number of hydrogen-bond donors (Lipinski definition) is 1. The Morgan fingerprint density at radius 1 is 1.29 bits per heavy atom. The van der Waals surface area contributed by atoms with Crippen LogP contribution in [0.3, 0.4) is 0 Å². The average molecular weight is 379 g/mol. The quantitative estimate of drug-likeness (QED) is 0.729. The summed E-state index contributed by atoms with van der Waals surface area (Å²) in [7, 11) is 1.69. The zero-order valence-electron chi connectivity index (χ0n) is 15.7. The number of benzene rings is 1. The number of carbonyl (C=O) groups is 2. The smallest absolute Gasteiger partial charge is 0.291 e. The SMILES string of the molecule is Cc1cnn2c1N(C)C(=O)[C@@H](NC(=O)c1ncn(Cc3ccccc3)n1)CC2. The highest BCUT2D eigenvalue weighted by molar-refractivity contribution is 6.01. The number of nitrogens with one attached hydrogen (secondary N) is 1. The minimum Gasteiger partial charge on any atom is -0.337 e. The van der Waals surface area contributed by atoms with Gasteiger partial charge in [-0.25, -0.2) is 14.3 Å². The first-order valence-electron chi connectivity index (χ1n) is 9.07. The van der Waals surface area contributed by atoms with Crippen LogP contribution in [0.1, 0.15) is 28.2 Å². The lowest BCUT2D eigenvalue weighted by Gasteiger charge is -2.20. The molecule has 2 aromatic heterocycles. The predicted octanol–water partition coefficient (Wildman–Crippen LogP) is 0.996. The molecule has 4 rings (SSSR count). The van der Waals surface area contributed by atoms with Gasteiger partial charge in [0.25, 0.3) is 11.8 Å². The summed E-state index contributed by atoms with van der Waals surface area (Å²) >= 11 is 0. The van der Waals surface area contributed by atoms with E-state index in [0.717, 1.165) is 16.9 Å². The fourth-order valence-corrected chi connectivity index (χ4v) is 3.39. The molecule has 0 unspecified atom stereocenters. The van der Waals surface area contributed by atoms with Crippen molar-refractivity contribution in [1.29, 1.82) is 0 Å². The van der Waals surface area contributed by atoms with Gasteiger partial charge in [0.1, 0.15) is 18.2 Å².